The Labute approximate surface area is 100 Å². The second kappa shape index (κ2) is 5.99. The highest BCUT2D eigenvalue weighted by atomic mass is 16.3. The van der Waals surface area contributed by atoms with Gasteiger partial charge >= 0.3 is 0 Å². The molecule has 0 saturated heterocycles. The maximum Gasteiger partial charge on any atom is 0.0613 e. The first-order chi connectivity index (χ1) is 7.53. The lowest BCUT2D eigenvalue weighted by Gasteiger charge is -2.44. The van der Waals surface area contributed by atoms with Crippen molar-refractivity contribution in [3.05, 3.63) is 0 Å². The average Bonchev–Trinajstić information content (AvgIpc) is 2.27. The third-order valence-corrected chi connectivity index (χ3v) is 3.84. The van der Waals surface area contributed by atoms with Crippen LogP contribution < -0.4 is 5.32 Å². The molecule has 0 aliphatic heterocycles. The molecule has 3 nitrogen and oxygen atoms in total. The van der Waals surface area contributed by atoms with Gasteiger partial charge in [0.1, 0.15) is 0 Å². The van der Waals surface area contributed by atoms with Crippen molar-refractivity contribution < 1.29 is 5.11 Å². The first kappa shape index (κ1) is 13.9. The van der Waals surface area contributed by atoms with Crippen LogP contribution in [0.5, 0.6) is 0 Å². The fourth-order valence-electron chi connectivity index (χ4n) is 2.90. The van der Waals surface area contributed by atoms with Crippen LogP contribution in [0.25, 0.3) is 0 Å². The molecule has 96 valence electrons. The zero-order valence-corrected chi connectivity index (χ0v) is 11.3. The largest absolute Gasteiger partial charge is 0.394 e. The summed E-state index contributed by atoms with van der Waals surface area (Å²) in [5.74, 6) is 0. The summed E-state index contributed by atoms with van der Waals surface area (Å²) in [5.41, 5.74) is -0.0412. The van der Waals surface area contributed by atoms with E-state index in [1.807, 2.05) is 0 Å². The highest BCUT2D eigenvalue weighted by Gasteiger charge is 2.37. The Hall–Kier alpha value is -0.120. The monoisotopic (exact) mass is 228 g/mol. The number of aliphatic hydroxyl groups excluding tert-OH is 1. The Balaban J connectivity index is 2.64. The van der Waals surface area contributed by atoms with Crippen LogP contribution in [0.2, 0.25) is 0 Å². The summed E-state index contributed by atoms with van der Waals surface area (Å²) in [6.45, 7) is 7.87. The van der Waals surface area contributed by atoms with Crippen molar-refractivity contribution in [2.75, 3.05) is 20.2 Å². The van der Waals surface area contributed by atoms with Crippen molar-refractivity contribution in [1.82, 2.24) is 10.2 Å². The number of rotatable bonds is 5. The van der Waals surface area contributed by atoms with E-state index in [-0.39, 0.29) is 12.1 Å². The van der Waals surface area contributed by atoms with Gasteiger partial charge in [0.2, 0.25) is 0 Å². The van der Waals surface area contributed by atoms with Gasteiger partial charge in [-0.15, -0.1) is 0 Å². The summed E-state index contributed by atoms with van der Waals surface area (Å²) >= 11 is 0. The third-order valence-electron chi connectivity index (χ3n) is 3.84. The molecule has 3 heteroatoms. The Bertz CT molecular complexity index is 208. The minimum atomic E-state index is -0.0412. The highest BCUT2D eigenvalue weighted by molar-refractivity contribution is 4.96. The summed E-state index contributed by atoms with van der Waals surface area (Å²) in [6, 6.07) is 1.06. The Morgan fingerprint density at radius 1 is 1.50 bits per heavy atom. The van der Waals surface area contributed by atoms with Crippen LogP contribution in [0.4, 0.5) is 0 Å². The van der Waals surface area contributed by atoms with E-state index in [2.05, 4.69) is 38.0 Å². The topological polar surface area (TPSA) is 35.5 Å². The molecule has 0 aromatic heterocycles. The number of nitrogens with zero attached hydrogens (tertiary/aromatic N) is 1. The van der Waals surface area contributed by atoms with Crippen molar-refractivity contribution >= 4 is 0 Å². The van der Waals surface area contributed by atoms with Gasteiger partial charge in [-0.05, 0) is 39.3 Å². The van der Waals surface area contributed by atoms with E-state index in [4.69, 9.17) is 0 Å². The molecule has 2 unspecified atom stereocenters. The molecule has 0 heterocycles. The van der Waals surface area contributed by atoms with E-state index in [0.29, 0.717) is 12.1 Å². The molecule has 0 aromatic carbocycles. The molecular formula is C13H28N2O. The first-order valence-corrected chi connectivity index (χ1v) is 6.62. The molecule has 0 radical (unpaired) electrons. The van der Waals surface area contributed by atoms with Gasteiger partial charge in [-0.25, -0.2) is 0 Å². The van der Waals surface area contributed by atoms with Crippen molar-refractivity contribution in [2.45, 2.75) is 64.1 Å². The van der Waals surface area contributed by atoms with Crippen LogP contribution >= 0.6 is 0 Å². The molecule has 2 atom stereocenters. The Morgan fingerprint density at radius 3 is 2.69 bits per heavy atom. The maximum absolute atomic E-state index is 9.68. The van der Waals surface area contributed by atoms with E-state index in [0.717, 1.165) is 19.4 Å². The van der Waals surface area contributed by atoms with E-state index >= 15 is 0 Å². The molecule has 0 bridgehead atoms. The smallest absolute Gasteiger partial charge is 0.0613 e. The zero-order valence-electron chi connectivity index (χ0n) is 11.3. The average molecular weight is 228 g/mol. The number of hydrogen-bond acceptors (Lipinski definition) is 3. The zero-order chi connectivity index (χ0) is 12.2. The lowest BCUT2D eigenvalue weighted by atomic mass is 9.78. The van der Waals surface area contributed by atoms with Crippen molar-refractivity contribution in [3.63, 3.8) is 0 Å². The molecule has 0 spiro atoms. The molecule has 0 amide bonds. The molecule has 1 aliphatic rings. The molecule has 1 fully saturated rings. The third kappa shape index (κ3) is 3.44. The van der Waals surface area contributed by atoms with E-state index < -0.39 is 0 Å². The minimum absolute atomic E-state index is 0.0412. The van der Waals surface area contributed by atoms with Crippen LogP contribution in [0.3, 0.4) is 0 Å². The SMILES string of the molecule is CCN(C)C1CCCC(CO)(NC(C)C)C1. The normalized spacial score (nSPS) is 31.3. The first-order valence-electron chi connectivity index (χ1n) is 6.62. The molecule has 1 rings (SSSR count). The Kier molecular flexibility index (Phi) is 5.22. The maximum atomic E-state index is 9.68. The van der Waals surface area contributed by atoms with E-state index in [9.17, 15) is 5.11 Å². The second-order valence-electron chi connectivity index (χ2n) is 5.56. The van der Waals surface area contributed by atoms with E-state index in [1.54, 1.807) is 0 Å². The summed E-state index contributed by atoms with van der Waals surface area (Å²) in [5, 5.41) is 13.3. The van der Waals surface area contributed by atoms with Crippen LogP contribution in [-0.4, -0.2) is 47.8 Å². The van der Waals surface area contributed by atoms with Gasteiger partial charge in [-0.3, -0.25) is 0 Å². The summed E-state index contributed by atoms with van der Waals surface area (Å²) in [7, 11) is 2.19. The molecule has 16 heavy (non-hydrogen) atoms. The number of nitrogens with one attached hydrogen (secondary N) is 1. The van der Waals surface area contributed by atoms with Gasteiger partial charge in [0.05, 0.1) is 6.61 Å². The van der Waals surface area contributed by atoms with Gasteiger partial charge in [0.25, 0.3) is 0 Å². The minimum Gasteiger partial charge on any atom is -0.394 e. The Morgan fingerprint density at radius 2 is 2.19 bits per heavy atom. The predicted octanol–water partition coefficient (Wildman–Crippen LogP) is 1.61. The van der Waals surface area contributed by atoms with E-state index in [1.165, 1.54) is 12.8 Å². The van der Waals surface area contributed by atoms with Gasteiger partial charge in [0, 0.05) is 17.6 Å². The van der Waals surface area contributed by atoms with Gasteiger partial charge in [0.15, 0.2) is 0 Å². The van der Waals surface area contributed by atoms with Crippen LogP contribution in [0, 0.1) is 0 Å². The van der Waals surface area contributed by atoms with Crippen molar-refractivity contribution in [2.24, 2.45) is 0 Å². The van der Waals surface area contributed by atoms with Gasteiger partial charge < -0.3 is 15.3 Å². The lowest BCUT2D eigenvalue weighted by Crippen LogP contribution is -2.57. The lowest BCUT2D eigenvalue weighted by molar-refractivity contribution is 0.0657. The molecule has 2 N–H and O–H groups in total. The standard InChI is InChI=1S/C13H28N2O/c1-5-15(4)12-7-6-8-13(9-12,10-16)14-11(2)3/h11-12,14,16H,5-10H2,1-4H3. The van der Waals surface area contributed by atoms with Gasteiger partial charge in [-0.2, -0.15) is 0 Å². The van der Waals surface area contributed by atoms with Crippen molar-refractivity contribution in [3.8, 4) is 0 Å². The van der Waals surface area contributed by atoms with Crippen LogP contribution in [-0.2, 0) is 0 Å². The summed E-state index contributed by atoms with van der Waals surface area (Å²) in [4.78, 5) is 2.41. The number of hydrogen-bond donors (Lipinski definition) is 2. The molecular weight excluding hydrogens is 200 g/mol. The quantitative estimate of drug-likeness (QED) is 0.750. The molecule has 1 aliphatic carbocycles. The molecule has 1 saturated carbocycles. The predicted molar refractivity (Wildman–Crippen MR) is 68.6 cm³/mol. The summed E-state index contributed by atoms with van der Waals surface area (Å²) in [6.07, 6.45) is 4.67. The van der Waals surface area contributed by atoms with Gasteiger partial charge in [-0.1, -0.05) is 20.8 Å². The summed E-state index contributed by atoms with van der Waals surface area (Å²) < 4.78 is 0. The highest BCUT2D eigenvalue weighted by Crippen LogP contribution is 2.31. The fourth-order valence-corrected chi connectivity index (χ4v) is 2.90. The van der Waals surface area contributed by atoms with Crippen LogP contribution in [0.15, 0.2) is 0 Å². The van der Waals surface area contributed by atoms with Crippen LogP contribution in [0.1, 0.15) is 46.5 Å². The molecule has 0 aromatic rings. The fraction of sp³-hybridized carbons (Fsp3) is 1.00. The second-order valence-corrected chi connectivity index (χ2v) is 5.56. The number of aliphatic hydroxyl groups is 1. The van der Waals surface area contributed by atoms with Crippen molar-refractivity contribution in [1.29, 1.82) is 0 Å².